The van der Waals surface area contributed by atoms with Crippen molar-refractivity contribution in [3.8, 4) is 0 Å². The van der Waals surface area contributed by atoms with Crippen LogP contribution >= 0.6 is 11.6 Å². The second-order valence-corrected chi connectivity index (χ2v) is 3.20. The van der Waals surface area contributed by atoms with E-state index < -0.39 is 0 Å². The van der Waals surface area contributed by atoms with Crippen molar-refractivity contribution in [2.24, 2.45) is 0 Å². The molecule has 0 aromatic carbocycles. The van der Waals surface area contributed by atoms with Crippen molar-refractivity contribution in [2.45, 2.75) is 6.92 Å². The van der Waals surface area contributed by atoms with Gasteiger partial charge >= 0.3 is 0 Å². The van der Waals surface area contributed by atoms with Gasteiger partial charge in [-0.2, -0.15) is 0 Å². The second kappa shape index (κ2) is 5.32. The molecule has 4 heteroatoms. The summed E-state index contributed by atoms with van der Waals surface area (Å²) in [6.45, 7) is 5.31. The molecule has 78 valence electrons. The van der Waals surface area contributed by atoms with E-state index in [-0.39, 0.29) is 11.0 Å². The lowest BCUT2D eigenvalue weighted by Crippen LogP contribution is -1.89. The summed E-state index contributed by atoms with van der Waals surface area (Å²) < 4.78 is 0. The number of halogens is 1. The van der Waals surface area contributed by atoms with Gasteiger partial charge in [0.15, 0.2) is 0 Å². The molecule has 0 saturated heterocycles. The molecule has 0 spiro atoms. The van der Waals surface area contributed by atoms with Gasteiger partial charge in [0.05, 0.1) is 5.69 Å². The molecular weight excluding hydrogens is 212 g/mol. The number of rotatable bonds is 3. The quantitative estimate of drug-likeness (QED) is 0.486. The number of aliphatic hydroxyl groups excluding tert-OH is 1. The summed E-state index contributed by atoms with van der Waals surface area (Å²) in [6.07, 6.45) is 6.15. The smallest absolute Gasteiger partial charge is 0.222 e. The van der Waals surface area contributed by atoms with Gasteiger partial charge in [0, 0.05) is 6.20 Å². The van der Waals surface area contributed by atoms with Crippen LogP contribution in [-0.4, -0.2) is 15.1 Å². The fraction of sp³-hybridized carbons (Fsp3) is 0.0909. The molecule has 0 amide bonds. The van der Waals surface area contributed by atoms with Gasteiger partial charge in [-0.25, -0.2) is 9.97 Å². The fourth-order valence-corrected chi connectivity index (χ4v) is 1.17. The van der Waals surface area contributed by atoms with Crippen molar-refractivity contribution in [2.75, 3.05) is 0 Å². The van der Waals surface area contributed by atoms with E-state index >= 15 is 0 Å². The molecule has 1 aromatic rings. The minimum Gasteiger partial charge on any atom is -0.508 e. The third kappa shape index (κ3) is 3.56. The number of hydrogen-bond donors (Lipinski definition) is 1. The van der Waals surface area contributed by atoms with Crippen LogP contribution in [-0.2, 0) is 0 Å². The van der Waals surface area contributed by atoms with E-state index in [1.807, 2.05) is 6.92 Å². The average Bonchev–Trinajstić information content (AvgIpc) is 2.18. The molecule has 1 rings (SSSR count). The lowest BCUT2D eigenvalue weighted by molar-refractivity contribution is 0.433. The Bertz CT molecular complexity index is 424. The summed E-state index contributed by atoms with van der Waals surface area (Å²) in [5, 5.41) is 9.57. The van der Waals surface area contributed by atoms with Crippen LogP contribution in [0, 0.1) is 0 Å². The molecule has 1 aromatic heterocycles. The Morgan fingerprint density at radius 1 is 1.60 bits per heavy atom. The van der Waals surface area contributed by atoms with Gasteiger partial charge in [-0.15, -0.1) is 0 Å². The zero-order valence-corrected chi connectivity index (χ0v) is 9.07. The van der Waals surface area contributed by atoms with Crippen LogP contribution in [0.3, 0.4) is 0 Å². The van der Waals surface area contributed by atoms with Crippen molar-refractivity contribution < 1.29 is 5.11 Å². The van der Waals surface area contributed by atoms with Crippen molar-refractivity contribution >= 4 is 17.2 Å². The molecule has 0 aliphatic rings. The average molecular weight is 223 g/mol. The Balaban J connectivity index is 2.98. The molecule has 0 unspecified atom stereocenters. The van der Waals surface area contributed by atoms with Crippen molar-refractivity contribution in [3.05, 3.63) is 53.8 Å². The van der Waals surface area contributed by atoms with Gasteiger partial charge in [0.25, 0.3) is 0 Å². The molecule has 1 heterocycles. The second-order valence-electron chi connectivity index (χ2n) is 2.87. The highest BCUT2D eigenvalue weighted by Crippen LogP contribution is 2.13. The maximum atomic E-state index is 9.39. The van der Waals surface area contributed by atoms with E-state index in [0.717, 1.165) is 5.57 Å². The molecule has 1 N–H and O–H groups in total. The summed E-state index contributed by atoms with van der Waals surface area (Å²) in [6, 6.07) is 1.72. The van der Waals surface area contributed by atoms with E-state index in [9.17, 15) is 5.11 Å². The van der Waals surface area contributed by atoms with Crippen LogP contribution in [0.1, 0.15) is 12.6 Å². The molecular formula is C11H11ClN2O. The van der Waals surface area contributed by atoms with E-state index in [1.165, 1.54) is 12.2 Å². The summed E-state index contributed by atoms with van der Waals surface area (Å²) in [5.41, 5.74) is 1.48. The Hall–Kier alpha value is -1.61. The number of nitrogens with zero attached hydrogens (tertiary/aromatic N) is 2. The molecule has 0 radical (unpaired) electrons. The zero-order chi connectivity index (χ0) is 11.3. The highest BCUT2D eigenvalue weighted by molar-refractivity contribution is 6.28. The minimum absolute atomic E-state index is 0.122. The zero-order valence-electron chi connectivity index (χ0n) is 8.31. The number of allylic oxidation sites excluding steroid dienone is 4. The SMILES string of the molecule is C=C/C=C(O)\C=C(/C)c1ccnc(Cl)n1. The highest BCUT2D eigenvalue weighted by Gasteiger charge is 1.99. The normalized spacial score (nSPS) is 12.7. The van der Waals surface area contributed by atoms with E-state index in [4.69, 9.17) is 11.6 Å². The first-order valence-corrected chi connectivity index (χ1v) is 4.70. The summed E-state index contributed by atoms with van der Waals surface area (Å²) in [4.78, 5) is 7.78. The molecule has 0 bridgehead atoms. The van der Waals surface area contributed by atoms with Gasteiger partial charge in [-0.1, -0.05) is 12.7 Å². The Morgan fingerprint density at radius 3 is 2.93 bits per heavy atom. The molecule has 0 fully saturated rings. The van der Waals surface area contributed by atoms with Gasteiger partial charge in [0.1, 0.15) is 5.76 Å². The maximum absolute atomic E-state index is 9.39. The van der Waals surface area contributed by atoms with Crippen LogP contribution in [0.5, 0.6) is 0 Å². The highest BCUT2D eigenvalue weighted by atomic mass is 35.5. The number of aromatic nitrogens is 2. The van der Waals surface area contributed by atoms with Crippen molar-refractivity contribution in [1.29, 1.82) is 0 Å². The molecule has 15 heavy (non-hydrogen) atoms. The monoisotopic (exact) mass is 222 g/mol. The summed E-state index contributed by atoms with van der Waals surface area (Å²) in [5.74, 6) is 0.122. The first-order valence-electron chi connectivity index (χ1n) is 4.32. The van der Waals surface area contributed by atoms with Gasteiger partial charge in [-0.05, 0) is 42.3 Å². The lowest BCUT2D eigenvalue weighted by atomic mass is 10.2. The Morgan fingerprint density at radius 2 is 2.33 bits per heavy atom. The van der Waals surface area contributed by atoms with Crippen LogP contribution in [0.2, 0.25) is 5.28 Å². The predicted octanol–water partition coefficient (Wildman–Crippen LogP) is 3.16. The van der Waals surface area contributed by atoms with Crippen LogP contribution < -0.4 is 0 Å². The number of hydrogen-bond acceptors (Lipinski definition) is 3. The first kappa shape index (κ1) is 11.5. The minimum atomic E-state index is 0.122. The standard InChI is InChI=1S/C11H11ClN2O/c1-3-4-9(15)7-8(2)10-5-6-13-11(12)14-10/h3-7,15H,1H2,2H3/b8-7+,9-4+. The largest absolute Gasteiger partial charge is 0.508 e. The summed E-state index contributed by atoms with van der Waals surface area (Å²) in [7, 11) is 0. The number of aliphatic hydroxyl groups is 1. The molecule has 3 nitrogen and oxygen atoms in total. The summed E-state index contributed by atoms with van der Waals surface area (Å²) >= 11 is 5.64. The van der Waals surface area contributed by atoms with Crippen LogP contribution in [0.25, 0.3) is 5.57 Å². The Kier molecular flexibility index (Phi) is 4.06. The van der Waals surface area contributed by atoms with Crippen LogP contribution in [0.4, 0.5) is 0 Å². The molecule has 0 aliphatic carbocycles. The van der Waals surface area contributed by atoms with Gasteiger partial charge < -0.3 is 5.11 Å². The van der Waals surface area contributed by atoms with Crippen molar-refractivity contribution in [1.82, 2.24) is 9.97 Å². The van der Waals surface area contributed by atoms with E-state index in [2.05, 4.69) is 16.5 Å². The van der Waals surface area contributed by atoms with Crippen molar-refractivity contribution in [3.63, 3.8) is 0 Å². The topological polar surface area (TPSA) is 46.0 Å². The third-order valence-electron chi connectivity index (χ3n) is 1.68. The molecule has 0 saturated carbocycles. The fourth-order valence-electron chi connectivity index (χ4n) is 1.02. The van der Waals surface area contributed by atoms with E-state index in [1.54, 1.807) is 18.3 Å². The van der Waals surface area contributed by atoms with Crippen LogP contribution in [0.15, 0.2) is 42.8 Å². The maximum Gasteiger partial charge on any atom is 0.222 e. The molecule has 0 atom stereocenters. The van der Waals surface area contributed by atoms with Gasteiger partial charge in [0.2, 0.25) is 5.28 Å². The first-order chi connectivity index (χ1) is 7.13. The Labute approximate surface area is 93.5 Å². The van der Waals surface area contributed by atoms with E-state index in [0.29, 0.717) is 5.69 Å². The van der Waals surface area contributed by atoms with Gasteiger partial charge in [-0.3, -0.25) is 0 Å². The third-order valence-corrected chi connectivity index (χ3v) is 1.87. The lowest BCUT2D eigenvalue weighted by Gasteiger charge is -2.00. The predicted molar refractivity (Wildman–Crippen MR) is 61.6 cm³/mol. The molecule has 0 aliphatic heterocycles.